The first-order valence-electron chi connectivity index (χ1n) is 10.6. The van der Waals surface area contributed by atoms with Gasteiger partial charge in [0.1, 0.15) is 4.83 Å². The van der Waals surface area contributed by atoms with E-state index < -0.39 is 0 Å². The number of amides is 1. The molecule has 3 heterocycles. The zero-order valence-electron chi connectivity index (χ0n) is 17.9. The fourth-order valence-corrected chi connectivity index (χ4v) is 5.90. The van der Waals surface area contributed by atoms with Crippen LogP contribution in [0.15, 0.2) is 58.3 Å². The highest BCUT2D eigenvalue weighted by Gasteiger charge is 2.27. The number of hydrogen-bond acceptors (Lipinski definition) is 5. The van der Waals surface area contributed by atoms with E-state index in [1.165, 1.54) is 23.1 Å². The molecule has 0 spiro atoms. The molecule has 1 fully saturated rings. The van der Waals surface area contributed by atoms with Gasteiger partial charge in [-0.25, -0.2) is 4.98 Å². The first kappa shape index (κ1) is 21.8. The standard InChI is InChI=1S/C24H27N3O2S2/c1-4-12-27-23(29)20-19(18-8-6-5-7-9-18)15-30-21(20)25-24(27)31-17(3)22(28)26-13-10-16(2)11-14-26/h4-9,15-17H,1,10-14H2,2-3H3. The number of likely N-dealkylation sites (tertiary alicyclic amines) is 1. The van der Waals surface area contributed by atoms with E-state index in [1.54, 1.807) is 10.6 Å². The summed E-state index contributed by atoms with van der Waals surface area (Å²) in [6.07, 6.45) is 3.80. The van der Waals surface area contributed by atoms with E-state index in [-0.39, 0.29) is 16.7 Å². The summed E-state index contributed by atoms with van der Waals surface area (Å²) in [7, 11) is 0. The number of piperidine rings is 1. The third-order valence-electron chi connectivity index (χ3n) is 5.78. The van der Waals surface area contributed by atoms with Crippen LogP contribution in [0.25, 0.3) is 21.3 Å². The maximum atomic E-state index is 13.5. The van der Waals surface area contributed by atoms with Crippen molar-refractivity contribution in [1.29, 1.82) is 0 Å². The molecule has 0 bridgehead atoms. The van der Waals surface area contributed by atoms with Crippen molar-refractivity contribution in [2.24, 2.45) is 5.92 Å². The minimum absolute atomic E-state index is 0.0843. The number of allylic oxidation sites excluding steroid dienone is 1. The SMILES string of the molecule is C=CCn1c(SC(C)C(=O)N2CCC(C)CC2)nc2scc(-c3ccccc3)c2c1=O. The van der Waals surface area contributed by atoms with Crippen molar-refractivity contribution in [3.63, 3.8) is 0 Å². The summed E-state index contributed by atoms with van der Waals surface area (Å²) in [6, 6.07) is 9.90. The largest absolute Gasteiger partial charge is 0.342 e. The molecule has 1 saturated heterocycles. The fourth-order valence-electron chi connectivity index (χ4n) is 3.91. The lowest BCUT2D eigenvalue weighted by Crippen LogP contribution is -2.42. The molecular weight excluding hydrogens is 426 g/mol. The maximum absolute atomic E-state index is 13.5. The monoisotopic (exact) mass is 453 g/mol. The minimum Gasteiger partial charge on any atom is -0.342 e. The summed E-state index contributed by atoms with van der Waals surface area (Å²) in [5, 5.41) is 2.89. The normalized spacial score (nSPS) is 15.9. The summed E-state index contributed by atoms with van der Waals surface area (Å²) in [4.78, 5) is 33.9. The van der Waals surface area contributed by atoms with Gasteiger partial charge < -0.3 is 4.90 Å². The van der Waals surface area contributed by atoms with Gasteiger partial charge in [-0.15, -0.1) is 17.9 Å². The first-order valence-corrected chi connectivity index (χ1v) is 12.4. The molecule has 1 amide bonds. The molecule has 5 nitrogen and oxygen atoms in total. The highest BCUT2D eigenvalue weighted by atomic mass is 32.2. The third-order valence-corrected chi connectivity index (χ3v) is 7.73. The Bertz CT molecular complexity index is 1140. The van der Waals surface area contributed by atoms with Crippen LogP contribution in [0.2, 0.25) is 0 Å². The number of hydrogen-bond donors (Lipinski definition) is 0. The van der Waals surface area contributed by atoms with E-state index in [9.17, 15) is 9.59 Å². The maximum Gasteiger partial charge on any atom is 0.263 e. The van der Waals surface area contributed by atoms with E-state index in [2.05, 4.69) is 13.5 Å². The minimum atomic E-state index is -0.303. The van der Waals surface area contributed by atoms with Gasteiger partial charge in [-0.1, -0.05) is 55.1 Å². The number of fused-ring (bicyclic) bond motifs is 1. The fraction of sp³-hybridized carbons (Fsp3) is 0.375. The number of aromatic nitrogens is 2. The lowest BCUT2D eigenvalue weighted by atomic mass is 9.99. The topological polar surface area (TPSA) is 55.2 Å². The molecule has 1 aliphatic rings. The summed E-state index contributed by atoms with van der Waals surface area (Å²) < 4.78 is 1.64. The Morgan fingerprint density at radius 1 is 1.32 bits per heavy atom. The van der Waals surface area contributed by atoms with Gasteiger partial charge >= 0.3 is 0 Å². The van der Waals surface area contributed by atoms with E-state index in [4.69, 9.17) is 4.98 Å². The second-order valence-electron chi connectivity index (χ2n) is 8.06. The van der Waals surface area contributed by atoms with Crippen molar-refractivity contribution in [1.82, 2.24) is 14.5 Å². The Morgan fingerprint density at radius 2 is 2.03 bits per heavy atom. The highest BCUT2D eigenvalue weighted by molar-refractivity contribution is 8.00. The van der Waals surface area contributed by atoms with Crippen molar-refractivity contribution >= 4 is 39.2 Å². The van der Waals surface area contributed by atoms with E-state index in [1.807, 2.05) is 47.5 Å². The summed E-state index contributed by atoms with van der Waals surface area (Å²) in [5.74, 6) is 0.791. The molecule has 31 heavy (non-hydrogen) atoms. The number of thiophene rings is 1. The van der Waals surface area contributed by atoms with E-state index >= 15 is 0 Å². The summed E-state index contributed by atoms with van der Waals surface area (Å²) in [6.45, 7) is 9.93. The molecule has 1 atom stereocenters. The van der Waals surface area contributed by atoms with E-state index in [0.717, 1.165) is 37.1 Å². The van der Waals surface area contributed by atoms with Crippen LogP contribution in [0.5, 0.6) is 0 Å². The molecule has 0 radical (unpaired) electrons. The van der Waals surface area contributed by atoms with Crippen LogP contribution in [-0.4, -0.2) is 38.7 Å². The third kappa shape index (κ3) is 4.48. The average molecular weight is 454 g/mol. The molecule has 1 aromatic carbocycles. The zero-order valence-corrected chi connectivity index (χ0v) is 19.5. The Labute approximate surface area is 190 Å². The van der Waals surface area contributed by atoms with Gasteiger partial charge in [-0.3, -0.25) is 14.2 Å². The Morgan fingerprint density at radius 3 is 2.71 bits per heavy atom. The van der Waals surface area contributed by atoms with Crippen LogP contribution in [0, 0.1) is 5.92 Å². The molecule has 4 rings (SSSR count). The molecule has 7 heteroatoms. The molecule has 1 aliphatic heterocycles. The first-order chi connectivity index (χ1) is 15.0. The second-order valence-corrected chi connectivity index (χ2v) is 10.2. The van der Waals surface area contributed by atoms with Crippen LogP contribution in [0.4, 0.5) is 0 Å². The molecule has 0 N–H and O–H groups in total. The van der Waals surface area contributed by atoms with Crippen molar-refractivity contribution in [3.8, 4) is 11.1 Å². The molecule has 1 unspecified atom stereocenters. The average Bonchev–Trinajstić information content (AvgIpc) is 3.21. The van der Waals surface area contributed by atoms with Crippen LogP contribution in [0.3, 0.4) is 0 Å². The molecule has 0 aliphatic carbocycles. The predicted octanol–water partition coefficient (Wildman–Crippen LogP) is 5.05. The Balaban J connectivity index is 1.68. The van der Waals surface area contributed by atoms with Crippen molar-refractivity contribution < 1.29 is 4.79 Å². The van der Waals surface area contributed by atoms with Gasteiger partial charge in [0, 0.05) is 30.6 Å². The molecular formula is C24H27N3O2S2. The second kappa shape index (κ2) is 9.40. The van der Waals surface area contributed by atoms with Gasteiger partial charge in [-0.2, -0.15) is 0 Å². The highest BCUT2D eigenvalue weighted by Crippen LogP contribution is 2.33. The van der Waals surface area contributed by atoms with E-state index in [0.29, 0.717) is 27.8 Å². The van der Waals surface area contributed by atoms with Gasteiger partial charge in [-0.05, 0) is 31.2 Å². The van der Waals surface area contributed by atoms with Gasteiger partial charge in [0.05, 0.1) is 10.6 Å². The Hall–Kier alpha value is -2.38. The van der Waals surface area contributed by atoms with Crippen molar-refractivity contribution in [3.05, 3.63) is 58.7 Å². The number of thioether (sulfide) groups is 1. The van der Waals surface area contributed by atoms with Crippen LogP contribution in [-0.2, 0) is 11.3 Å². The van der Waals surface area contributed by atoms with Crippen molar-refractivity contribution in [2.75, 3.05) is 13.1 Å². The van der Waals surface area contributed by atoms with Gasteiger partial charge in [0.2, 0.25) is 5.91 Å². The number of nitrogens with zero attached hydrogens (tertiary/aromatic N) is 3. The molecule has 0 saturated carbocycles. The number of carbonyl (C=O) groups is 1. The lowest BCUT2D eigenvalue weighted by Gasteiger charge is -2.32. The van der Waals surface area contributed by atoms with Gasteiger partial charge in [0.25, 0.3) is 5.56 Å². The van der Waals surface area contributed by atoms with Gasteiger partial charge in [0.15, 0.2) is 5.16 Å². The summed E-state index contributed by atoms with van der Waals surface area (Å²) in [5.41, 5.74) is 1.82. The number of carbonyl (C=O) groups excluding carboxylic acids is 1. The molecule has 162 valence electrons. The predicted molar refractivity (Wildman–Crippen MR) is 130 cm³/mol. The Kier molecular flexibility index (Phi) is 6.62. The van der Waals surface area contributed by atoms with Crippen LogP contribution in [0.1, 0.15) is 26.7 Å². The zero-order chi connectivity index (χ0) is 22.0. The van der Waals surface area contributed by atoms with Crippen LogP contribution >= 0.6 is 23.1 Å². The molecule has 2 aromatic heterocycles. The smallest absolute Gasteiger partial charge is 0.263 e. The lowest BCUT2D eigenvalue weighted by molar-refractivity contribution is -0.131. The molecule has 3 aromatic rings. The summed E-state index contributed by atoms with van der Waals surface area (Å²) >= 11 is 2.84. The number of benzene rings is 1. The van der Waals surface area contributed by atoms with Crippen molar-refractivity contribution in [2.45, 2.75) is 43.6 Å². The quantitative estimate of drug-likeness (QED) is 0.298. The van der Waals surface area contributed by atoms with Crippen LogP contribution < -0.4 is 5.56 Å². The number of rotatable bonds is 6.